The van der Waals surface area contributed by atoms with Crippen LogP contribution in [0.4, 0.5) is 17.1 Å². The normalized spacial score (nSPS) is 19.4. The predicted molar refractivity (Wildman–Crippen MR) is 195 cm³/mol. The van der Waals surface area contributed by atoms with Gasteiger partial charge in [-0.3, -0.25) is 4.90 Å². The fourth-order valence-electron chi connectivity index (χ4n) is 8.09. The Hall–Kier alpha value is -5.35. The van der Waals surface area contributed by atoms with Gasteiger partial charge in [0.15, 0.2) is 0 Å². The van der Waals surface area contributed by atoms with Crippen molar-refractivity contribution in [2.75, 3.05) is 9.80 Å². The molecule has 2 atom stereocenters. The van der Waals surface area contributed by atoms with Crippen molar-refractivity contribution in [1.82, 2.24) is 0 Å². The maximum Gasteiger partial charge on any atom is 0.211 e. The summed E-state index contributed by atoms with van der Waals surface area (Å²) in [6, 6.07) is 35.6. The topological polar surface area (TPSA) is 28.1 Å². The fraction of sp³-hybridized carbons (Fsp3) is 0.186. The van der Waals surface area contributed by atoms with Crippen LogP contribution in [0.5, 0.6) is 11.5 Å². The van der Waals surface area contributed by atoms with E-state index in [2.05, 4.69) is 166 Å². The molecule has 3 heterocycles. The summed E-state index contributed by atoms with van der Waals surface area (Å²) in [5.41, 5.74) is 14.4. The Morgan fingerprint density at radius 3 is 2.13 bits per heavy atom. The van der Waals surface area contributed by atoms with Crippen LogP contribution in [0, 0.1) is 20.8 Å². The van der Waals surface area contributed by atoms with Crippen molar-refractivity contribution in [3.63, 3.8) is 0 Å². The predicted octanol–water partition coefficient (Wildman–Crippen LogP) is 10.6. The molecule has 3 aliphatic heterocycles. The number of nitrogens with zero attached hydrogens (tertiary/aromatic N) is 3. The number of guanidine groups is 1. The lowest BCUT2D eigenvalue weighted by Crippen LogP contribution is -2.39. The first kappa shape index (κ1) is 27.9. The molecule has 5 aromatic rings. The lowest BCUT2D eigenvalue weighted by Gasteiger charge is -2.35. The van der Waals surface area contributed by atoms with Crippen LogP contribution in [0.1, 0.15) is 41.7 Å². The molecule has 0 amide bonds. The first-order valence-electron chi connectivity index (χ1n) is 16.6. The number of benzene rings is 5. The Morgan fingerprint density at radius 1 is 0.638 bits per heavy atom. The van der Waals surface area contributed by atoms with E-state index < -0.39 is 0 Å². The monoisotopic (exact) mass is 611 g/mol. The Labute approximate surface area is 277 Å². The molecule has 0 saturated heterocycles. The van der Waals surface area contributed by atoms with Gasteiger partial charge in [-0.05, 0) is 84.5 Å². The molecule has 0 fully saturated rings. The number of allylic oxidation sites excluding steroid dienone is 2. The maximum absolute atomic E-state index is 6.65. The average Bonchev–Trinajstić information content (AvgIpc) is 3.60. The summed E-state index contributed by atoms with van der Waals surface area (Å²) >= 11 is 0. The van der Waals surface area contributed by atoms with Gasteiger partial charge in [0.1, 0.15) is 11.5 Å². The second-order valence-electron chi connectivity index (χ2n) is 13.8. The minimum absolute atomic E-state index is 0.136. The molecule has 9 rings (SSSR count). The lowest BCUT2D eigenvalue weighted by atomic mass is 9.74. The highest BCUT2D eigenvalue weighted by Crippen LogP contribution is 2.52. The molecule has 5 aromatic carbocycles. The Balaban J connectivity index is 1.09. The first-order chi connectivity index (χ1) is 22.8. The van der Waals surface area contributed by atoms with Crippen LogP contribution in [0.2, 0.25) is 0 Å². The first-order valence-corrected chi connectivity index (χ1v) is 16.6. The molecule has 0 aromatic heterocycles. The fourth-order valence-corrected chi connectivity index (χ4v) is 8.09. The number of rotatable bonds is 3. The summed E-state index contributed by atoms with van der Waals surface area (Å²) in [6.07, 6.45) is 8.72. The third kappa shape index (κ3) is 4.04. The number of hydrogen-bond donors (Lipinski definition) is 0. The van der Waals surface area contributed by atoms with Gasteiger partial charge in [0, 0.05) is 27.8 Å². The molecule has 4 aliphatic rings. The van der Waals surface area contributed by atoms with E-state index in [1.807, 2.05) is 0 Å². The molecule has 4 nitrogen and oxygen atoms in total. The van der Waals surface area contributed by atoms with Crippen LogP contribution in [0.15, 0.2) is 126 Å². The minimum atomic E-state index is -0.149. The van der Waals surface area contributed by atoms with E-state index in [0.29, 0.717) is 0 Å². The van der Waals surface area contributed by atoms with Gasteiger partial charge in [0.2, 0.25) is 5.96 Å². The molecular weight excluding hydrogens is 574 g/mol. The van der Waals surface area contributed by atoms with E-state index in [0.717, 1.165) is 28.7 Å². The number of aryl methyl sites for hydroxylation is 3. The SMILES string of the molecule is Cc1cc(N2C3=NC4C=CC=CC4N3c3ccccc32)ccc1-c1cc(C)c(-c2cccc3c2Oc2ccccc2C3(C)C)cc1C. The molecule has 230 valence electrons. The second kappa shape index (κ2) is 10.1. The van der Waals surface area contributed by atoms with Crippen molar-refractivity contribution in [2.24, 2.45) is 4.99 Å². The molecule has 0 spiro atoms. The molecule has 0 bridgehead atoms. The van der Waals surface area contributed by atoms with Crippen molar-refractivity contribution in [1.29, 1.82) is 0 Å². The van der Waals surface area contributed by atoms with Gasteiger partial charge < -0.3 is 9.64 Å². The van der Waals surface area contributed by atoms with Crippen molar-refractivity contribution in [3.05, 3.63) is 149 Å². The third-order valence-electron chi connectivity index (χ3n) is 10.5. The zero-order valence-electron chi connectivity index (χ0n) is 27.5. The standard InChI is InChI=1S/C43H37N3O/c1-26-23-29(45-38-18-9-10-19-39(38)46-37-17-8-7-16-36(37)44-42(45)46)21-22-30(26)32-24-28(3)33(25-27(32)2)31-13-12-15-35-41(31)47-40-20-11-6-14-34(40)43(35,4)5/h6-25,36-37H,1-5H3. The van der Waals surface area contributed by atoms with Crippen molar-refractivity contribution < 1.29 is 4.74 Å². The largest absolute Gasteiger partial charge is 0.456 e. The van der Waals surface area contributed by atoms with Gasteiger partial charge in [-0.1, -0.05) is 105 Å². The van der Waals surface area contributed by atoms with Crippen LogP contribution in [0.3, 0.4) is 0 Å². The van der Waals surface area contributed by atoms with E-state index in [4.69, 9.17) is 9.73 Å². The molecule has 0 radical (unpaired) electrons. The van der Waals surface area contributed by atoms with E-state index >= 15 is 0 Å². The Bertz CT molecular complexity index is 2220. The summed E-state index contributed by atoms with van der Waals surface area (Å²) < 4.78 is 6.65. The van der Waals surface area contributed by atoms with Crippen molar-refractivity contribution in [3.8, 4) is 33.8 Å². The molecule has 2 unspecified atom stereocenters. The molecule has 0 saturated carbocycles. The molecule has 0 N–H and O–H groups in total. The summed E-state index contributed by atoms with van der Waals surface area (Å²) in [5, 5.41) is 0. The highest BCUT2D eigenvalue weighted by Gasteiger charge is 2.44. The molecule has 4 heteroatoms. The molecule has 1 aliphatic carbocycles. The molecular formula is C43H37N3O. The van der Waals surface area contributed by atoms with Crippen molar-refractivity contribution in [2.45, 2.75) is 52.1 Å². The van der Waals surface area contributed by atoms with E-state index in [1.165, 1.54) is 55.9 Å². The Morgan fingerprint density at radius 2 is 1.32 bits per heavy atom. The minimum Gasteiger partial charge on any atom is -0.456 e. The van der Waals surface area contributed by atoms with Crippen LogP contribution in [0.25, 0.3) is 22.3 Å². The van der Waals surface area contributed by atoms with Crippen molar-refractivity contribution >= 4 is 23.0 Å². The van der Waals surface area contributed by atoms with Gasteiger partial charge >= 0.3 is 0 Å². The number of fused-ring (bicyclic) bond motifs is 7. The number of hydrogen-bond acceptors (Lipinski definition) is 4. The Kier molecular flexibility index (Phi) is 5.98. The van der Waals surface area contributed by atoms with Crippen LogP contribution in [-0.4, -0.2) is 18.0 Å². The second-order valence-corrected chi connectivity index (χ2v) is 13.8. The van der Waals surface area contributed by atoms with Gasteiger partial charge in [0.25, 0.3) is 0 Å². The highest BCUT2D eigenvalue weighted by molar-refractivity contribution is 6.22. The van der Waals surface area contributed by atoms with Crippen LogP contribution in [-0.2, 0) is 5.41 Å². The van der Waals surface area contributed by atoms with Gasteiger partial charge in [0.05, 0.1) is 23.5 Å². The quantitative estimate of drug-likeness (QED) is 0.203. The zero-order chi connectivity index (χ0) is 32.0. The number of ether oxygens (including phenoxy) is 1. The van der Waals surface area contributed by atoms with Crippen LogP contribution < -0.4 is 14.5 Å². The van der Waals surface area contributed by atoms with E-state index in [9.17, 15) is 0 Å². The van der Waals surface area contributed by atoms with E-state index in [-0.39, 0.29) is 17.5 Å². The summed E-state index contributed by atoms with van der Waals surface area (Å²) in [4.78, 5) is 9.91. The summed E-state index contributed by atoms with van der Waals surface area (Å²) in [6.45, 7) is 11.3. The summed E-state index contributed by atoms with van der Waals surface area (Å²) in [7, 11) is 0. The lowest BCUT2D eigenvalue weighted by molar-refractivity contribution is 0.419. The molecule has 47 heavy (non-hydrogen) atoms. The van der Waals surface area contributed by atoms with Gasteiger partial charge in [-0.25, -0.2) is 4.99 Å². The summed E-state index contributed by atoms with van der Waals surface area (Å²) in [5.74, 6) is 2.91. The number of para-hydroxylation sites is 4. The zero-order valence-corrected chi connectivity index (χ0v) is 27.5. The van der Waals surface area contributed by atoms with E-state index in [1.54, 1.807) is 0 Å². The van der Waals surface area contributed by atoms with Gasteiger partial charge in [-0.15, -0.1) is 0 Å². The third-order valence-corrected chi connectivity index (χ3v) is 10.5. The van der Waals surface area contributed by atoms with Gasteiger partial charge in [-0.2, -0.15) is 0 Å². The maximum atomic E-state index is 6.65. The highest BCUT2D eigenvalue weighted by atomic mass is 16.5. The number of aliphatic imine (C=N–C) groups is 1. The smallest absolute Gasteiger partial charge is 0.211 e. The average molecular weight is 612 g/mol. The van der Waals surface area contributed by atoms with Crippen LogP contribution >= 0.6 is 0 Å². The number of anilines is 3.